The SMILES string of the molecule is C=C(C)C(=O)OC1CCC(CC2CCC(OC(=O)C(=C)C)C(CCCC)C2)CC1CCCC. The summed E-state index contributed by atoms with van der Waals surface area (Å²) < 4.78 is 11.7. The minimum Gasteiger partial charge on any atom is -0.459 e. The van der Waals surface area contributed by atoms with Crippen molar-refractivity contribution in [3.8, 4) is 0 Å². The average molecular weight is 461 g/mol. The molecular formula is C29H48O4. The first-order valence-electron chi connectivity index (χ1n) is 13.5. The van der Waals surface area contributed by atoms with Crippen molar-refractivity contribution in [2.24, 2.45) is 23.7 Å². The molecule has 33 heavy (non-hydrogen) atoms. The van der Waals surface area contributed by atoms with Gasteiger partial charge in [-0.15, -0.1) is 0 Å². The second-order valence-corrected chi connectivity index (χ2v) is 10.8. The smallest absolute Gasteiger partial charge is 0.333 e. The molecule has 0 bridgehead atoms. The maximum absolute atomic E-state index is 12.1. The molecule has 0 amide bonds. The molecule has 2 saturated carbocycles. The van der Waals surface area contributed by atoms with Crippen LogP contribution in [0.2, 0.25) is 0 Å². The van der Waals surface area contributed by atoms with E-state index >= 15 is 0 Å². The molecule has 0 aromatic rings. The molecule has 188 valence electrons. The van der Waals surface area contributed by atoms with Crippen LogP contribution in [0.4, 0.5) is 0 Å². The Labute approximate surface area is 202 Å². The van der Waals surface area contributed by atoms with Crippen LogP contribution in [0.1, 0.15) is 111 Å². The van der Waals surface area contributed by atoms with Crippen LogP contribution in [0.3, 0.4) is 0 Å². The van der Waals surface area contributed by atoms with E-state index in [0.717, 1.165) is 38.5 Å². The highest BCUT2D eigenvalue weighted by atomic mass is 16.5. The molecule has 0 aromatic heterocycles. The molecule has 0 heterocycles. The second-order valence-electron chi connectivity index (χ2n) is 10.8. The third-order valence-corrected chi connectivity index (χ3v) is 7.78. The molecule has 2 aliphatic carbocycles. The van der Waals surface area contributed by atoms with E-state index in [9.17, 15) is 9.59 Å². The highest BCUT2D eigenvalue weighted by molar-refractivity contribution is 5.87. The molecule has 4 nitrogen and oxygen atoms in total. The van der Waals surface area contributed by atoms with Gasteiger partial charge in [0.1, 0.15) is 12.2 Å². The van der Waals surface area contributed by atoms with Crippen LogP contribution in [0.5, 0.6) is 0 Å². The van der Waals surface area contributed by atoms with Crippen LogP contribution in [0.25, 0.3) is 0 Å². The van der Waals surface area contributed by atoms with Crippen molar-refractivity contribution >= 4 is 11.9 Å². The lowest BCUT2D eigenvalue weighted by molar-refractivity contribution is -0.150. The number of carbonyl (C=O) groups is 2. The molecule has 6 unspecified atom stereocenters. The molecule has 0 saturated heterocycles. The fraction of sp³-hybridized carbons (Fsp3) is 0.793. The van der Waals surface area contributed by atoms with Gasteiger partial charge in [-0.25, -0.2) is 9.59 Å². The van der Waals surface area contributed by atoms with Crippen LogP contribution < -0.4 is 0 Å². The van der Waals surface area contributed by atoms with Gasteiger partial charge < -0.3 is 9.47 Å². The number of carbonyl (C=O) groups excluding carboxylic acids is 2. The van der Waals surface area contributed by atoms with E-state index in [1.807, 2.05) is 0 Å². The molecule has 2 aliphatic rings. The molecule has 6 atom stereocenters. The van der Waals surface area contributed by atoms with Gasteiger partial charge in [-0.2, -0.15) is 0 Å². The molecule has 2 rings (SSSR count). The van der Waals surface area contributed by atoms with E-state index in [4.69, 9.17) is 9.47 Å². The normalized spacial score (nSPS) is 29.8. The Morgan fingerprint density at radius 1 is 0.727 bits per heavy atom. The first kappa shape index (κ1) is 27.7. The number of hydrogen-bond donors (Lipinski definition) is 0. The number of rotatable bonds is 12. The Kier molecular flexibility index (Phi) is 11.7. The summed E-state index contributed by atoms with van der Waals surface area (Å²) in [7, 11) is 0. The second kappa shape index (κ2) is 14.0. The van der Waals surface area contributed by atoms with E-state index in [2.05, 4.69) is 27.0 Å². The van der Waals surface area contributed by atoms with Gasteiger partial charge in [-0.05, 0) is 95.3 Å². The Balaban J connectivity index is 1.95. The minimum atomic E-state index is -0.235. The Hall–Kier alpha value is -1.58. The summed E-state index contributed by atoms with van der Waals surface area (Å²) in [5.74, 6) is 1.88. The highest BCUT2D eigenvalue weighted by Gasteiger charge is 2.37. The van der Waals surface area contributed by atoms with Crippen molar-refractivity contribution < 1.29 is 19.1 Å². The lowest BCUT2D eigenvalue weighted by atomic mass is 9.69. The zero-order valence-corrected chi connectivity index (χ0v) is 21.7. The molecule has 0 aromatic carbocycles. The van der Waals surface area contributed by atoms with Gasteiger partial charge in [0.25, 0.3) is 0 Å². The number of hydrogen-bond acceptors (Lipinski definition) is 4. The Bertz CT molecular complexity index is 611. The molecule has 0 spiro atoms. The van der Waals surface area contributed by atoms with Gasteiger partial charge >= 0.3 is 11.9 Å². The lowest BCUT2D eigenvalue weighted by Gasteiger charge is -2.40. The first-order valence-corrected chi connectivity index (χ1v) is 13.5. The number of ether oxygens (including phenoxy) is 2. The molecule has 0 N–H and O–H groups in total. The van der Waals surface area contributed by atoms with Crippen molar-refractivity contribution in [2.75, 3.05) is 0 Å². The number of unbranched alkanes of at least 4 members (excludes halogenated alkanes) is 2. The first-order chi connectivity index (χ1) is 15.7. The fourth-order valence-electron chi connectivity index (χ4n) is 5.89. The summed E-state index contributed by atoms with van der Waals surface area (Å²) in [5, 5.41) is 0. The van der Waals surface area contributed by atoms with Crippen molar-refractivity contribution in [1.29, 1.82) is 0 Å². The quantitative estimate of drug-likeness (QED) is 0.223. The van der Waals surface area contributed by atoms with Crippen LogP contribution >= 0.6 is 0 Å². The van der Waals surface area contributed by atoms with Gasteiger partial charge in [0, 0.05) is 11.1 Å². The standard InChI is InChI=1S/C29H48O4/c1-7-9-11-24-18-22(13-15-26(24)32-28(30)20(3)4)17-23-14-16-27(33-29(31)21(5)6)25(19-23)12-10-8-2/h22-27H,3,5,7-19H2,1-2,4,6H3. The van der Waals surface area contributed by atoms with Crippen LogP contribution in [0, 0.1) is 23.7 Å². The highest BCUT2D eigenvalue weighted by Crippen LogP contribution is 2.43. The summed E-state index contributed by atoms with van der Waals surface area (Å²) in [6, 6.07) is 0. The van der Waals surface area contributed by atoms with Crippen LogP contribution in [0.15, 0.2) is 24.3 Å². The van der Waals surface area contributed by atoms with Gasteiger partial charge in [-0.3, -0.25) is 0 Å². The van der Waals surface area contributed by atoms with E-state index in [0.29, 0.717) is 34.8 Å². The molecule has 0 radical (unpaired) electrons. The van der Waals surface area contributed by atoms with E-state index in [1.54, 1.807) is 13.8 Å². The maximum Gasteiger partial charge on any atom is 0.333 e. The lowest BCUT2D eigenvalue weighted by Crippen LogP contribution is -2.36. The third kappa shape index (κ3) is 8.94. The molecular weight excluding hydrogens is 412 g/mol. The molecule has 4 heteroatoms. The summed E-state index contributed by atoms with van der Waals surface area (Å²) in [4.78, 5) is 24.3. The minimum absolute atomic E-state index is 0.0478. The van der Waals surface area contributed by atoms with Crippen molar-refractivity contribution in [2.45, 2.75) is 123 Å². The summed E-state index contributed by atoms with van der Waals surface area (Å²) in [5.41, 5.74) is 0.988. The number of esters is 2. The van der Waals surface area contributed by atoms with Crippen molar-refractivity contribution in [3.05, 3.63) is 24.3 Å². The topological polar surface area (TPSA) is 52.6 Å². The zero-order chi connectivity index (χ0) is 24.4. The summed E-state index contributed by atoms with van der Waals surface area (Å²) in [6.07, 6.45) is 14.9. The van der Waals surface area contributed by atoms with Gasteiger partial charge in [0.05, 0.1) is 0 Å². The Morgan fingerprint density at radius 3 is 1.45 bits per heavy atom. The van der Waals surface area contributed by atoms with Crippen LogP contribution in [-0.2, 0) is 19.1 Å². The van der Waals surface area contributed by atoms with E-state index in [-0.39, 0.29) is 24.1 Å². The monoisotopic (exact) mass is 460 g/mol. The van der Waals surface area contributed by atoms with E-state index in [1.165, 1.54) is 44.9 Å². The third-order valence-electron chi connectivity index (χ3n) is 7.78. The van der Waals surface area contributed by atoms with Gasteiger partial charge in [-0.1, -0.05) is 52.7 Å². The van der Waals surface area contributed by atoms with Crippen molar-refractivity contribution in [1.82, 2.24) is 0 Å². The fourth-order valence-corrected chi connectivity index (χ4v) is 5.89. The maximum atomic E-state index is 12.1. The van der Waals surface area contributed by atoms with Crippen LogP contribution in [-0.4, -0.2) is 24.1 Å². The van der Waals surface area contributed by atoms with Gasteiger partial charge in [0.15, 0.2) is 0 Å². The predicted octanol–water partition coefficient (Wildman–Crippen LogP) is 7.57. The Morgan fingerprint density at radius 2 is 1.12 bits per heavy atom. The summed E-state index contributed by atoms with van der Waals surface area (Å²) >= 11 is 0. The van der Waals surface area contributed by atoms with Crippen molar-refractivity contribution in [3.63, 3.8) is 0 Å². The van der Waals surface area contributed by atoms with Gasteiger partial charge in [0.2, 0.25) is 0 Å². The predicted molar refractivity (Wildman–Crippen MR) is 135 cm³/mol. The largest absolute Gasteiger partial charge is 0.459 e. The zero-order valence-electron chi connectivity index (χ0n) is 21.7. The summed E-state index contributed by atoms with van der Waals surface area (Å²) in [6.45, 7) is 15.4. The molecule has 2 fully saturated rings. The molecule has 0 aliphatic heterocycles. The van der Waals surface area contributed by atoms with E-state index < -0.39 is 0 Å². The average Bonchev–Trinajstić information content (AvgIpc) is 2.78.